The van der Waals surface area contributed by atoms with Crippen LogP contribution in [0.4, 0.5) is 0 Å². The number of aliphatic hydroxyl groups excluding tert-OH is 4. The van der Waals surface area contributed by atoms with Crippen LogP contribution in [0.2, 0.25) is 0 Å². The van der Waals surface area contributed by atoms with Gasteiger partial charge in [0.25, 0.3) is 0 Å². The van der Waals surface area contributed by atoms with Crippen molar-refractivity contribution in [2.24, 2.45) is 16.7 Å². The summed E-state index contributed by atoms with van der Waals surface area (Å²) >= 11 is 1.66. The first-order valence-electron chi connectivity index (χ1n) is 15.2. The average Bonchev–Trinajstić information content (AvgIpc) is 3.35. The molecule has 3 rings (SSSR count). The molecule has 0 aliphatic heterocycles. The molecule has 0 aliphatic carbocycles. The third-order valence-corrected chi connectivity index (χ3v) is 8.80. The number of aliphatic hydroxyl groups is 4. The van der Waals surface area contributed by atoms with E-state index in [2.05, 4.69) is 58.0 Å². The molecule has 0 aliphatic rings. The zero-order valence-electron chi connectivity index (χ0n) is 26.7. The van der Waals surface area contributed by atoms with E-state index in [0.717, 1.165) is 20.5 Å². The molecule has 7 nitrogen and oxygen atoms in total. The van der Waals surface area contributed by atoms with Crippen LogP contribution in [0.3, 0.4) is 0 Å². The molecule has 0 saturated heterocycles. The van der Waals surface area contributed by atoms with E-state index in [0.29, 0.717) is 18.6 Å². The Morgan fingerprint density at radius 1 is 0.860 bits per heavy atom. The van der Waals surface area contributed by atoms with Crippen molar-refractivity contribution in [1.29, 1.82) is 0 Å². The molecule has 1 heterocycles. The normalized spacial score (nSPS) is 16.0. The second-order valence-corrected chi connectivity index (χ2v) is 15.1. The third kappa shape index (κ3) is 10.9. The smallest absolute Gasteiger partial charge is 0.309 e. The summed E-state index contributed by atoms with van der Waals surface area (Å²) in [4.78, 5) is 13.9. The maximum atomic E-state index is 12.8. The van der Waals surface area contributed by atoms with E-state index in [4.69, 9.17) is 9.47 Å². The van der Waals surface area contributed by atoms with Crippen molar-refractivity contribution in [2.75, 3.05) is 13.2 Å². The number of carbonyl (C=O) groups is 1. The highest BCUT2D eigenvalue weighted by Gasteiger charge is 2.35. The minimum atomic E-state index is -1.29. The Labute approximate surface area is 260 Å². The van der Waals surface area contributed by atoms with Crippen molar-refractivity contribution in [3.8, 4) is 16.2 Å². The molecule has 8 heteroatoms. The summed E-state index contributed by atoms with van der Waals surface area (Å²) in [5, 5.41) is 42.8. The number of rotatable bonds is 14. The van der Waals surface area contributed by atoms with Gasteiger partial charge in [-0.2, -0.15) is 0 Å². The molecule has 3 aromatic rings. The number of aryl methyl sites for hydroxylation is 1. The molecule has 43 heavy (non-hydrogen) atoms. The van der Waals surface area contributed by atoms with Crippen molar-refractivity contribution in [1.82, 2.24) is 0 Å². The molecule has 1 aromatic heterocycles. The van der Waals surface area contributed by atoms with Gasteiger partial charge in [0.2, 0.25) is 0 Å². The van der Waals surface area contributed by atoms with E-state index in [1.165, 1.54) is 5.56 Å². The number of carbonyl (C=O) groups excluding carboxylic acids is 1. The van der Waals surface area contributed by atoms with Gasteiger partial charge in [-0.3, -0.25) is 4.79 Å². The number of ether oxygens (including phenoxy) is 2. The lowest BCUT2D eigenvalue weighted by molar-refractivity contribution is -0.154. The number of thiophene rings is 1. The van der Waals surface area contributed by atoms with Gasteiger partial charge in [0.05, 0.1) is 30.8 Å². The van der Waals surface area contributed by atoms with Crippen LogP contribution in [0, 0.1) is 23.7 Å². The quantitative estimate of drug-likeness (QED) is 0.121. The van der Waals surface area contributed by atoms with Crippen LogP contribution in [0.25, 0.3) is 20.5 Å². The largest absolute Gasteiger partial charge is 0.491 e. The average molecular weight is 615 g/mol. The van der Waals surface area contributed by atoms with Crippen LogP contribution >= 0.6 is 11.3 Å². The van der Waals surface area contributed by atoms with E-state index >= 15 is 0 Å². The highest BCUT2D eigenvalue weighted by Crippen LogP contribution is 2.37. The first-order chi connectivity index (χ1) is 20.0. The van der Waals surface area contributed by atoms with E-state index < -0.39 is 24.4 Å². The van der Waals surface area contributed by atoms with Gasteiger partial charge in [-0.25, -0.2) is 0 Å². The van der Waals surface area contributed by atoms with Gasteiger partial charge in [-0.1, -0.05) is 71.4 Å². The lowest BCUT2D eigenvalue weighted by atomic mass is 9.72. The SMILES string of the molecule is Cc1ccc(-c2cc3ccc(OCC(O)C(O)CC(O)C(O)CCCOC(=O)C(CC(C)(C)C)C(C)(C)C)cc3s2)cc1. The molecule has 0 bridgehead atoms. The van der Waals surface area contributed by atoms with Crippen LogP contribution in [0.15, 0.2) is 48.5 Å². The maximum Gasteiger partial charge on any atom is 0.309 e. The summed E-state index contributed by atoms with van der Waals surface area (Å²) in [5.41, 5.74) is 2.11. The van der Waals surface area contributed by atoms with E-state index in [-0.39, 0.29) is 48.8 Å². The summed E-state index contributed by atoms with van der Waals surface area (Å²) < 4.78 is 12.3. The molecular weight excluding hydrogens is 564 g/mol. The Kier molecular flexibility index (Phi) is 12.2. The van der Waals surface area contributed by atoms with E-state index in [1.54, 1.807) is 11.3 Å². The monoisotopic (exact) mass is 614 g/mol. The minimum Gasteiger partial charge on any atom is -0.491 e. The first-order valence-corrected chi connectivity index (χ1v) is 16.0. The molecule has 5 unspecified atom stereocenters. The zero-order valence-corrected chi connectivity index (χ0v) is 27.5. The molecule has 0 fully saturated rings. The second-order valence-electron chi connectivity index (χ2n) is 14.0. The zero-order chi connectivity index (χ0) is 31.9. The summed E-state index contributed by atoms with van der Waals surface area (Å²) in [6.07, 6.45) is -3.85. The fourth-order valence-corrected chi connectivity index (χ4v) is 6.03. The predicted molar refractivity (Wildman–Crippen MR) is 173 cm³/mol. The Morgan fingerprint density at radius 2 is 1.51 bits per heavy atom. The summed E-state index contributed by atoms with van der Waals surface area (Å²) in [7, 11) is 0. The number of benzene rings is 2. The van der Waals surface area contributed by atoms with Crippen molar-refractivity contribution in [3.63, 3.8) is 0 Å². The van der Waals surface area contributed by atoms with Gasteiger partial charge in [-0.15, -0.1) is 11.3 Å². The Bertz CT molecular complexity index is 1300. The van der Waals surface area contributed by atoms with Crippen LogP contribution in [0.1, 0.15) is 72.8 Å². The molecule has 0 saturated carbocycles. The Hall–Kier alpha value is -2.49. The Balaban J connectivity index is 1.42. The number of fused-ring (bicyclic) bond motifs is 1. The fourth-order valence-electron chi connectivity index (χ4n) is 4.93. The van der Waals surface area contributed by atoms with Crippen LogP contribution < -0.4 is 4.74 Å². The van der Waals surface area contributed by atoms with Gasteiger partial charge in [0.1, 0.15) is 18.5 Å². The number of hydrogen-bond donors (Lipinski definition) is 4. The third-order valence-electron chi connectivity index (χ3n) is 7.65. The fraction of sp³-hybridized carbons (Fsp3) is 0.571. The molecule has 4 N–H and O–H groups in total. The highest BCUT2D eigenvalue weighted by atomic mass is 32.1. The topological polar surface area (TPSA) is 116 Å². The minimum absolute atomic E-state index is 0.0165. The van der Waals surface area contributed by atoms with Crippen molar-refractivity contribution < 1.29 is 34.7 Å². The van der Waals surface area contributed by atoms with Crippen LogP contribution in [0.5, 0.6) is 5.75 Å². The Morgan fingerprint density at radius 3 is 2.14 bits per heavy atom. The molecule has 238 valence electrons. The van der Waals surface area contributed by atoms with Crippen molar-refractivity contribution >= 4 is 27.4 Å². The van der Waals surface area contributed by atoms with E-state index in [9.17, 15) is 25.2 Å². The van der Waals surface area contributed by atoms with Gasteiger partial charge in [0, 0.05) is 16.0 Å². The molecule has 0 spiro atoms. The lowest BCUT2D eigenvalue weighted by Gasteiger charge is -2.33. The summed E-state index contributed by atoms with van der Waals surface area (Å²) in [6, 6.07) is 16.2. The predicted octanol–water partition coefficient (Wildman–Crippen LogP) is 6.51. The lowest BCUT2D eigenvalue weighted by Crippen LogP contribution is -2.38. The second kappa shape index (κ2) is 15.0. The molecule has 0 radical (unpaired) electrons. The number of esters is 1. The summed E-state index contributed by atoms with van der Waals surface area (Å²) in [6.45, 7) is 14.4. The summed E-state index contributed by atoms with van der Waals surface area (Å²) in [5.74, 6) is 0.0774. The van der Waals surface area contributed by atoms with Crippen LogP contribution in [-0.4, -0.2) is 64.0 Å². The molecule has 0 amide bonds. The first kappa shape index (κ1) is 35.0. The van der Waals surface area contributed by atoms with Gasteiger partial charge in [-0.05, 0) is 72.2 Å². The van der Waals surface area contributed by atoms with Crippen molar-refractivity contribution in [3.05, 3.63) is 54.1 Å². The van der Waals surface area contributed by atoms with E-state index in [1.807, 2.05) is 39.0 Å². The molecule has 5 atom stereocenters. The molecular formula is C35H50O7S. The van der Waals surface area contributed by atoms with Gasteiger partial charge in [0.15, 0.2) is 0 Å². The standard InChI is InChI=1S/C35H50O7S/c1-22-10-12-23(13-11-22)31-17-24-14-15-25(18-32(24)43-31)42-21-30(39)29(38)19-28(37)27(36)9-8-16-41-33(40)26(35(5,6)7)20-34(2,3)4/h10-15,17-18,26-30,36-39H,8-9,16,19-21H2,1-7H3. The van der Waals surface area contributed by atoms with Crippen molar-refractivity contribution in [2.45, 2.75) is 98.6 Å². The van der Waals surface area contributed by atoms with Gasteiger partial charge < -0.3 is 29.9 Å². The number of hydrogen-bond acceptors (Lipinski definition) is 8. The highest BCUT2D eigenvalue weighted by molar-refractivity contribution is 7.22. The van der Waals surface area contributed by atoms with Crippen LogP contribution in [-0.2, 0) is 9.53 Å². The maximum absolute atomic E-state index is 12.8. The van der Waals surface area contributed by atoms with Gasteiger partial charge >= 0.3 is 5.97 Å². The molecule has 2 aromatic carbocycles.